The topological polar surface area (TPSA) is 52.7 Å². The van der Waals surface area contributed by atoms with E-state index < -0.39 is 10.0 Å². The Morgan fingerprint density at radius 1 is 1.25 bits per heavy atom. The standard InChI is InChI=1S/C14H29N3O2S/c1-11(2)15-8-13(4)20(18,19)17-10-14-6-5-7-16(14)9-12(17)3/h11-15H,5-10H2,1-4H3. The third kappa shape index (κ3) is 3.35. The molecule has 0 aromatic carbocycles. The number of nitrogens with one attached hydrogen (secondary N) is 1. The molecule has 20 heavy (non-hydrogen) atoms. The molecule has 2 saturated heterocycles. The van der Waals surface area contributed by atoms with E-state index in [0.717, 1.165) is 19.5 Å². The van der Waals surface area contributed by atoms with Crippen molar-refractivity contribution < 1.29 is 8.42 Å². The van der Waals surface area contributed by atoms with Gasteiger partial charge in [0.2, 0.25) is 10.0 Å². The fourth-order valence-corrected chi connectivity index (χ4v) is 4.97. The molecule has 2 fully saturated rings. The van der Waals surface area contributed by atoms with Gasteiger partial charge in [0.1, 0.15) is 0 Å². The molecule has 0 aromatic rings. The van der Waals surface area contributed by atoms with Crippen molar-refractivity contribution in [3.8, 4) is 0 Å². The quantitative estimate of drug-likeness (QED) is 0.819. The van der Waals surface area contributed by atoms with Crippen molar-refractivity contribution >= 4 is 10.0 Å². The summed E-state index contributed by atoms with van der Waals surface area (Å²) in [5.74, 6) is 0. The van der Waals surface area contributed by atoms with Crippen LogP contribution in [-0.2, 0) is 10.0 Å². The van der Waals surface area contributed by atoms with E-state index in [1.54, 1.807) is 4.31 Å². The normalized spacial score (nSPS) is 30.6. The van der Waals surface area contributed by atoms with Gasteiger partial charge in [0.05, 0.1) is 5.25 Å². The van der Waals surface area contributed by atoms with E-state index >= 15 is 0 Å². The highest BCUT2D eigenvalue weighted by molar-refractivity contribution is 7.89. The molecule has 0 bridgehead atoms. The minimum absolute atomic E-state index is 0.0934. The van der Waals surface area contributed by atoms with Gasteiger partial charge in [-0.05, 0) is 33.2 Å². The van der Waals surface area contributed by atoms with Crippen LogP contribution in [0, 0.1) is 0 Å². The molecule has 2 rings (SSSR count). The van der Waals surface area contributed by atoms with Gasteiger partial charge in [0.15, 0.2) is 0 Å². The first-order valence-corrected chi connectivity index (χ1v) is 9.30. The second-order valence-electron chi connectivity index (χ2n) is 6.63. The zero-order valence-corrected chi connectivity index (χ0v) is 14.0. The van der Waals surface area contributed by atoms with Crippen LogP contribution in [0.2, 0.25) is 0 Å². The predicted octanol–water partition coefficient (Wildman–Crippen LogP) is 0.871. The summed E-state index contributed by atoms with van der Waals surface area (Å²) in [7, 11) is -3.20. The Kier molecular flexibility index (Phi) is 5.10. The molecule has 0 aromatic heterocycles. The predicted molar refractivity (Wildman–Crippen MR) is 82.3 cm³/mol. The van der Waals surface area contributed by atoms with Crippen molar-refractivity contribution in [1.82, 2.24) is 14.5 Å². The Hall–Kier alpha value is -0.170. The summed E-state index contributed by atoms with van der Waals surface area (Å²) in [5.41, 5.74) is 0. The van der Waals surface area contributed by atoms with Crippen LogP contribution in [0.4, 0.5) is 0 Å². The first-order valence-electron chi connectivity index (χ1n) is 7.80. The number of rotatable bonds is 5. The first kappa shape index (κ1) is 16.2. The minimum Gasteiger partial charge on any atom is -0.313 e. The SMILES string of the molecule is CC(C)NCC(C)S(=O)(=O)N1CC2CCCN2CC1C. The Morgan fingerprint density at radius 3 is 2.60 bits per heavy atom. The smallest absolute Gasteiger partial charge is 0.218 e. The van der Waals surface area contributed by atoms with Gasteiger partial charge >= 0.3 is 0 Å². The number of sulfonamides is 1. The van der Waals surface area contributed by atoms with Crippen molar-refractivity contribution in [2.45, 2.75) is 63.9 Å². The molecule has 118 valence electrons. The molecular formula is C14H29N3O2S. The molecule has 0 saturated carbocycles. The van der Waals surface area contributed by atoms with Gasteiger partial charge in [0.25, 0.3) is 0 Å². The van der Waals surface area contributed by atoms with E-state index in [0.29, 0.717) is 25.2 Å². The molecular weight excluding hydrogens is 274 g/mol. The zero-order valence-electron chi connectivity index (χ0n) is 13.2. The maximum Gasteiger partial charge on any atom is 0.218 e. The molecule has 0 aliphatic carbocycles. The van der Waals surface area contributed by atoms with Crippen molar-refractivity contribution in [3.63, 3.8) is 0 Å². The molecule has 1 N–H and O–H groups in total. The number of hydrogen-bond acceptors (Lipinski definition) is 4. The largest absolute Gasteiger partial charge is 0.313 e. The molecule has 2 heterocycles. The lowest BCUT2D eigenvalue weighted by Gasteiger charge is -2.42. The molecule has 6 heteroatoms. The fraction of sp³-hybridized carbons (Fsp3) is 1.00. The van der Waals surface area contributed by atoms with Gasteiger partial charge in [-0.1, -0.05) is 13.8 Å². The minimum atomic E-state index is -3.20. The molecule has 2 aliphatic heterocycles. The van der Waals surface area contributed by atoms with Gasteiger partial charge in [0, 0.05) is 37.8 Å². The zero-order chi connectivity index (χ0) is 14.9. The maximum absolute atomic E-state index is 12.8. The highest BCUT2D eigenvalue weighted by Crippen LogP contribution is 2.27. The summed E-state index contributed by atoms with van der Waals surface area (Å²) in [5, 5.41) is 2.87. The van der Waals surface area contributed by atoms with E-state index in [2.05, 4.69) is 10.2 Å². The number of piperazine rings is 1. The third-order valence-corrected chi connectivity index (χ3v) is 6.88. The lowest BCUT2D eigenvalue weighted by atomic mass is 10.1. The summed E-state index contributed by atoms with van der Waals surface area (Å²) < 4.78 is 27.3. The van der Waals surface area contributed by atoms with Crippen molar-refractivity contribution in [2.24, 2.45) is 0 Å². The van der Waals surface area contributed by atoms with Gasteiger partial charge in [-0.15, -0.1) is 0 Å². The van der Waals surface area contributed by atoms with E-state index in [9.17, 15) is 8.42 Å². The lowest BCUT2D eigenvalue weighted by molar-refractivity contribution is 0.116. The highest BCUT2D eigenvalue weighted by Gasteiger charge is 2.41. The van der Waals surface area contributed by atoms with E-state index in [1.807, 2.05) is 27.7 Å². The monoisotopic (exact) mass is 303 g/mol. The number of fused-ring (bicyclic) bond motifs is 1. The van der Waals surface area contributed by atoms with Crippen LogP contribution in [0.15, 0.2) is 0 Å². The molecule has 0 radical (unpaired) electrons. The van der Waals surface area contributed by atoms with Crippen LogP contribution < -0.4 is 5.32 Å². The van der Waals surface area contributed by atoms with Crippen molar-refractivity contribution in [2.75, 3.05) is 26.2 Å². The molecule has 3 atom stereocenters. The number of hydrogen-bond donors (Lipinski definition) is 1. The van der Waals surface area contributed by atoms with Gasteiger partial charge in [-0.3, -0.25) is 4.90 Å². The average molecular weight is 303 g/mol. The van der Waals surface area contributed by atoms with E-state index in [4.69, 9.17) is 0 Å². The summed E-state index contributed by atoms with van der Waals surface area (Å²) in [6.45, 7) is 11.2. The molecule has 0 amide bonds. The Balaban J connectivity index is 2.04. The highest BCUT2D eigenvalue weighted by atomic mass is 32.2. The van der Waals surface area contributed by atoms with Crippen LogP contribution in [0.1, 0.15) is 40.5 Å². The maximum atomic E-state index is 12.8. The van der Waals surface area contributed by atoms with Gasteiger partial charge in [-0.2, -0.15) is 4.31 Å². The first-order chi connectivity index (χ1) is 9.32. The van der Waals surface area contributed by atoms with Gasteiger partial charge < -0.3 is 5.32 Å². The second kappa shape index (κ2) is 6.30. The van der Waals surface area contributed by atoms with Crippen LogP contribution >= 0.6 is 0 Å². The number of nitrogens with zero attached hydrogens (tertiary/aromatic N) is 2. The lowest BCUT2D eigenvalue weighted by Crippen LogP contribution is -2.58. The van der Waals surface area contributed by atoms with Crippen molar-refractivity contribution in [3.05, 3.63) is 0 Å². The summed E-state index contributed by atoms with van der Waals surface area (Å²) in [6, 6.07) is 0.846. The summed E-state index contributed by atoms with van der Waals surface area (Å²) >= 11 is 0. The van der Waals surface area contributed by atoms with Crippen LogP contribution in [0.5, 0.6) is 0 Å². The molecule has 3 unspecified atom stereocenters. The molecule has 5 nitrogen and oxygen atoms in total. The summed E-state index contributed by atoms with van der Waals surface area (Å²) in [4.78, 5) is 2.45. The Bertz CT molecular complexity index is 424. The van der Waals surface area contributed by atoms with Crippen molar-refractivity contribution in [1.29, 1.82) is 0 Å². The molecule has 0 spiro atoms. The van der Waals surface area contributed by atoms with E-state index in [-0.39, 0.29) is 11.3 Å². The summed E-state index contributed by atoms with van der Waals surface area (Å²) in [6.07, 6.45) is 2.34. The van der Waals surface area contributed by atoms with Crippen LogP contribution in [0.3, 0.4) is 0 Å². The Morgan fingerprint density at radius 2 is 1.95 bits per heavy atom. The van der Waals surface area contributed by atoms with Crippen LogP contribution in [0.25, 0.3) is 0 Å². The third-order valence-electron chi connectivity index (χ3n) is 4.53. The average Bonchev–Trinajstić information content (AvgIpc) is 2.81. The van der Waals surface area contributed by atoms with E-state index in [1.165, 1.54) is 6.42 Å². The van der Waals surface area contributed by atoms with Gasteiger partial charge in [-0.25, -0.2) is 8.42 Å². The molecule has 2 aliphatic rings. The fourth-order valence-electron chi connectivity index (χ4n) is 3.25. The second-order valence-corrected chi connectivity index (χ2v) is 8.93. The Labute approximate surface area is 123 Å². The van der Waals surface area contributed by atoms with Crippen LogP contribution in [-0.4, -0.2) is 67.2 Å².